The molecule has 0 radical (unpaired) electrons. The van der Waals surface area contributed by atoms with Crippen molar-refractivity contribution in [3.05, 3.63) is 48.0 Å². The number of carbonyl (C=O) groups excluding carboxylic acids is 2. The fraction of sp³-hybridized carbons (Fsp3) is 0.429. The van der Waals surface area contributed by atoms with Crippen LogP contribution in [0.2, 0.25) is 0 Å². The Labute approximate surface area is 154 Å². The molecule has 0 unspecified atom stereocenters. The Kier molecular flexibility index (Phi) is 4.89. The molecular formula is C21H25N3O2. The van der Waals surface area contributed by atoms with Gasteiger partial charge in [0.1, 0.15) is 0 Å². The van der Waals surface area contributed by atoms with E-state index in [1.165, 1.54) is 0 Å². The van der Waals surface area contributed by atoms with E-state index in [0.29, 0.717) is 6.42 Å². The van der Waals surface area contributed by atoms with E-state index in [1.807, 2.05) is 52.3 Å². The van der Waals surface area contributed by atoms with E-state index in [2.05, 4.69) is 4.90 Å². The second-order valence-corrected chi connectivity index (χ2v) is 7.14. The van der Waals surface area contributed by atoms with Crippen LogP contribution in [0.25, 0.3) is 10.8 Å². The van der Waals surface area contributed by atoms with Crippen LogP contribution in [0.4, 0.5) is 0 Å². The lowest BCUT2D eigenvalue weighted by Gasteiger charge is -2.35. The van der Waals surface area contributed by atoms with E-state index in [4.69, 9.17) is 0 Å². The highest BCUT2D eigenvalue weighted by atomic mass is 16.2. The van der Waals surface area contributed by atoms with Crippen LogP contribution in [0.5, 0.6) is 0 Å². The van der Waals surface area contributed by atoms with E-state index in [0.717, 1.165) is 68.6 Å². The van der Waals surface area contributed by atoms with Crippen LogP contribution in [0.3, 0.4) is 0 Å². The summed E-state index contributed by atoms with van der Waals surface area (Å²) in [6, 6.07) is 14.0. The summed E-state index contributed by atoms with van der Waals surface area (Å²) in [6.45, 7) is 5.86. The maximum atomic E-state index is 13.0. The minimum atomic E-state index is 0.121. The van der Waals surface area contributed by atoms with Crippen LogP contribution in [0.15, 0.2) is 42.5 Å². The number of hydrogen-bond donors (Lipinski definition) is 0. The summed E-state index contributed by atoms with van der Waals surface area (Å²) in [5.41, 5.74) is 0.791. The second-order valence-electron chi connectivity index (χ2n) is 7.14. The highest BCUT2D eigenvalue weighted by molar-refractivity contribution is 6.07. The number of amides is 2. The van der Waals surface area contributed by atoms with Gasteiger partial charge >= 0.3 is 0 Å². The third kappa shape index (κ3) is 3.44. The van der Waals surface area contributed by atoms with Gasteiger partial charge in [0.2, 0.25) is 5.91 Å². The summed E-state index contributed by atoms with van der Waals surface area (Å²) in [4.78, 5) is 31.0. The molecule has 2 saturated heterocycles. The molecule has 2 heterocycles. The number of benzene rings is 2. The lowest BCUT2D eigenvalue weighted by Crippen LogP contribution is -2.50. The topological polar surface area (TPSA) is 43.9 Å². The van der Waals surface area contributed by atoms with Gasteiger partial charge in [-0.25, -0.2) is 0 Å². The molecule has 2 aromatic rings. The van der Waals surface area contributed by atoms with Crippen molar-refractivity contribution >= 4 is 22.6 Å². The summed E-state index contributed by atoms with van der Waals surface area (Å²) >= 11 is 0. The molecule has 2 fully saturated rings. The number of fused-ring (bicyclic) bond motifs is 1. The van der Waals surface area contributed by atoms with Gasteiger partial charge in [0.15, 0.2) is 0 Å². The molecule has 2 aromatic carbocycles. The maximum absolute atomic E-state index is 13.0. The molecule has 5 heteroatoms. The van der Waals surface area contributed by atoms with Crippen molar-refractivity contribution in [2.75, 3.05) is 45.8 Å². The molecule has 5 nitrogen and oxygen atoms in total. The first-order valence-electron chi connectivity index (χ1n) is 9.49. The predicted molar refractivity (Wildman–Crippen MR) is 102 cm³/mol. The van der Waals surface area contributed by atoms with E-state index >= 15 is 0 Å². The van der Waals surface area contributed by atoms with Crippen molar-refractivity contribution in [1.29, 1.82) is 0 Å². The zero-order valence-corrected chi connectivity index (χ0v) is 15.1. The first kappa shape index (κ1) is 17.0. The van der Waals surface area contributed by atoms with Gasteiger partial charge in [0.25, 0.3) is 5.91 Å². The van der Waals surface area contributed by atoms with Gasteiger partial charge in [0, 0.05) is 57.8 Å². The Hall–Kier alpha value is -2.40. The molecule has 0 saturated carbocycles. The lowest BCUT2D eigenvalue weighted by molar-refractivity contribution is -0.127. The minimum Gasteiger partial charge on any atom is -0.341 e. The molecular weight excluding hydrogens is 326 g/mol. The summed E-state index contributed by atoms with van der Waals surface area (Å²) in [5, 5.41) is 2.13. The van der Waals surface area contributed by atoms with Crippen molar-refractivity contribution in [2.24, 2.45) is 0 Å². The molecule has 2 amide bonds. The van der Waals surface area contributed by atoms with Gasteiger partial charge in [-0.3, -0.25) is 14.5 Å². The van der Waals surface area contributed by atoms with Crippen molar-refractivity contribution in [1.82, 2.24) is 14.7 Å². The van der Waals surface area contributed by atoms with E-state index in [1.54, 1.807) is 0 Å². The zero-order chi connectivity index (χ0) is 17.9. The van der Waals surface area contributed by atoms with Gasteiger partial charge in [-0.1, -0.05) is 36.4 Å². The van der Waals surface area contributed by atoms with Crippen LogP contribution in [-0.4, -0.2) is 72.3 Å². The van der Waals surface area contributed by atoms with Crippen LogP contribution in [-0.2, 0) is 4.79 Å². The number of piperazine rings is 1. The monoisotopic (exact) mass is 351 g/mol. The Bertz CT molecular complexity index is 807. The smallest absolute Gasteiger partial charge is 0.254 e. The predicted octanol–water partition coefficient (Wildman–Crippen LogP) is 2.22. The molecule has 0 bridgehead atoms. The Morgan fingerprint density at radius 2 is 1.65 bits per heavy atom. The molecule has 0 N–H and O–H groups in total. The quantitative estimate of drug-likeness (QED) is 0.848. The number of hydrogen-bond acceptors (Lipinski definition) is 3. The average Bonchev–Trinajstić information content (AvgIpc) is 3.10. The Morgan fingerprint density at radius 1 is 0.885 bits per heavy atom. The minimum absolute atomic E-state index is 0.121. The summed E-state index contributed by atoms with van der Waals surface area (Å²) < 4.78 is 0. The Morgan fingerprint density at radius 3 is 2.42 bits per heavy atom. The summed E-state index contributed by atoms with van der Waals surface area (Å²) in [6.07, 6.45) is 1.69. The highest BCUT2D eigenvalue weighted by Crippen LogP contribution is 2.20. The fourth-order valence-corrected chi connectivity index (χ4v) is 3.96. The van der Waals surface area contributed by atoms with E-state index in [-0.39, 0.29) is 11.8 Å². The maximum Gasteiger partial charge on any atom is 0.254 e. The van der Waals surface area contributed by atoms with Crippen molar-refractivity contribution in [3.63, 3.8) is 0 Å². The second kappa shape index (κ2) is 7.46. The number of likely N-dealkylation sites (tertiary alicyclic amines) is 1. The first-order valence-corrected chi connectivity index (χ1v) is 9.49. The SMILES string of the molecule is O=C1CCCN1CCN1CCN(C(=O)c2cccc3ccccc23)CC1. The molecule has 136 valence electrons. The third-order valence-electron chi connectivity index (χ3n) is 5.54. The first-order chi connectivity index (χ1) is 12.7. The molecule has 0 atom stereocenters. The van der Waals surface area contributed by atoms with Crippen molar-refractivity contribution in [3.8, 4) is 0 Å². The molecule has 0 spiro atoms. The average molecular weight is 351 g/mol. The molecule has 26 heavy (non-hydrogen) atoms. The summed E-state index contributed by atoms with van der Waals surface area (Å²) in [7, 11) is 0. The van der Waals surface area contributed by atoms with Gasteiger partial charge in [-0.2, -0.15) is 0 Å². The molecule has 4 rings (SSSR count). The van der Waals surface area contributed by atoms with Crippen LogP contribution in [0, 0.1) is 0 Å². The third-order valence-corrected chi connectivity index (χ3v) is 5.54. The number of carbonyl (C=O) groups is 2. The van der Waals surface area contributed by atoms with Crippen LogP contribution < -0.4 is 0 Å². The highest BCUT2D eigenvalue weighted by Gasteiger charge is 2.25. The fourth-order valence-electron chi connectivity index (χ4n) is 3.96. The van der Waals surface area contributed by atoms with Crippen molar-refractivity contribution in [2.45, 2.75) is 12.8 Å². The zero-order valence-electron chi connectivity index (χ0n) is 15.1. The normalized spacial score (nSPS) is 18.7. The number of nitrogens with zero attached hydrogens (tertiary/aromatic N) is 3. The molecule has 2 aliphatic rings. The molecule has 0 aliphatic carbocycles. The largest absolute Gasteiger partial charge is 0.341 e. The standard InChI is InChI=1S/C21H25N3O2/c25-20-9-4-10-23(20)14-11-22-12-15-24(16-13-22)21(26)19-8-3-6-17-5-1-2-7-18(17)19/h1-3,5-8H,4,9-16H2. The summed E-state index contributed by atoms with van der Waals surface area (Å²) in [5.74, 6) is 0.408. The van der Waals surface area contributed by atoms with Gasteiger partial charge in [0.05, 0.1) is 0 Å². The molecule has 0 aromatic heterocycles. The van der Waals surface area contributed by atoms with Gasteiger partial charge < -0.3 is 9.80 Å². The van der Waals surface area contributed by atoms with Crippen LogP contribution in [0.1, 0.15) is 23.2 Å². The van der Waals surface area contributed by atoms with Gasteiger partial charge in [-0.15, -0.1) is 0 Å². The van der Waals surface area contributed by atoms with Crippen LogP contribution >= 0.6 is 0 Å². The van der Waals surface area contributed by atoms with Crippen molar-refractivity contribution < 1.29 is 9.59 Å². The number of rotatable bonds is 4. The Balaban J connectivity index is 1.35. The van der Waals surface area contributed by atoms with E-state index in [9.17, 15) is 9.59 Å². The molecule has 2 aliphatic heterocycles. The van der Waals surface area contributed by atoms with Gasteiger partial charge in [-0.05, 0) is 23.3 Å². The van der Waals surface area contributed by atoms with E-state index < -0.39 is 0 Å². The lowest BCUT2D eigenvalue weighted by atomic mass is 10.0.